The predicted molar refractivity (Wildman–Crippen MR) is 92.8 cm³/mol. The van der Waals surface area contributed by atoms with E-state index in [4.69, 9.17) is 5.73 Å². The molecule has 2 aromatic rings. The standard InChI is InChI=1S/C18H23FN4/c1-4-11-10-14-16(15(19)13(11)5-2)21-18(22-17(14)20)12-6-8-23(3)9-7-12/h6,10H,4-5,7-9H2,1-3H3,(H2,20,21,22). The summed E-state index contributed by atoms with van der Waals surface area (Å²) in [5.41, 5.74) is 9.24. The third-order valence-electron chi connectivity index (χ3n) is 4.59. The van der Waals surface area contributed by atoms with Crippen LogP contribution in [-0.2, 0) is 12.8 Å². The summed E-state index contributed by atoms with van der Waals surface area (Å²) in [6.45, 7) is 5.79. The Hall–Kier alpha value is -2.01. The first kappa shape index (κ1) is 15.9. The van der Waals surface area contributed by atoms with E-state index in [1.54, 1.807) is 0 Å². The molecule has 0 unspecified atom stereocenters. The summed E-state index contributed by atoms with van der Waals surface area (Å²) in [6.07, 6.45) is 4.38. The van der Waals surface area contributed by atoms with Crippen molar-refractivity contribution in [3.63, 3.8) is 0 Å². The van der Waals surface area contributed by atoms with E-state index in [-0.39, 0.29) is 5.82 Å². The van der Waals surface area contributed by atoms with Crippen molar-refractivity contribution in [2.24, 2.45) is 0 Å². The van der Waals surface area contributed by atoms with Crippen molar-refractivity contribution < 1.29 is 4.39 Å². The van der Waals surface area contributed by atoms with E-state index < -0.39 is 0 Å². The summed E-state index contributed by atoms with van der Waals surface area (Å²) in [6, 6.07) is 1.94. The number of nitrogen functional groups attached to an aromatic ring is 1. The molecule has 3 rings (SSSR count). The molecule has 1 aliphatic heterocycles. The van der Waals surface area contributed by atoms with Crippen LogP contribution in [0.2, 0.25) is 0 Å². The molecular weight excluding hydrogens is 291 g/mol. The monoisotopic (exact) mass is 314 g/mol. The molecule has 1 aromatic carbocycles. The van der Waals surface area contributed by atoms with Gasteiger partial charge in [-0.05, 0) is 49.1 Å². The van der Waals surface area contributed by atoms with Gasteiger partial charge in [-0.3, -0.25) is 0 Å². The second kappa shape index (κ2) is 6.24. The average Bonchev–Trinajstić information content (AvgIpc) is 2.55. The number of rotatable bonds is 3. The van der Waals surface area contributed by atoms with Gasteiger partial charge in [-0.15, -0.1) is 0 Å². The smallest absolute Gasteiger partial charge is 0.158 e. The Morgan fingerprint density at radius 2 is 2.04 bits per heavy atom. The van der Waals surface area contributed by atoms with Gasteiger partial charge in [0.1, 0.15) is 11.3 Å². The Morgan fingerprint density at radius 3 is 2.65 bits per heavy atom. The highest BCUT2D eigenvalue weighted by atomic mass is 19.1. The van der Waals surface area contributed by atoms with Gasteiger partial charge in [-0.25, -0.2) is 14.4 Å². The number of hydrogen-bond donors (Lipinski definition) is 1. The Bertz CT molecular complexity index is 782. The number of aryl methyl sites for hydroxylation is 1. The van der Waals surface area contributed by atoms with Crippen molar-refractivity contribution in [3.8, 4) is 0 Å². The van der Waals surface area contributed by atoms with Crippen LogP contribution in [-0.4, -0.2) is 35.0 Å². The first-order chi connectivity index (χ1) is 11.0. The summed E-state index contributed by atoms with van der Waals surface area (Å²) in [5.74, 6) is 0.681. The minimum atomic E-state index is -0.245. The molecule has 0 atom stereocenters. The number of benzene rings is 1. The van der Waals surface area contributed by atoms with Gasteiger partial charge in [0.15, 0.2) is 11.6 Å². The van der Waals surface area contributed by atoms with Crippen LogP contribution in [0, 0.1) is 5.82 Å². The van der Waals surface area contributed by atoms with Gasteiger partial charge in [-0.2, -0.15) is 0 Å². The summed E-state index contributed by atoms with van der Waals surface area (Å²) in [7, 11) is 2.07. The number of nitrogens with zero attached hydrogens (tertiary/aromatic N) is 3. The summed E-state index contributed by atoms with van der Waals surface area (Å²) in [5, 5.41) is 0.619. The molecule has 0 aliphatic carbocycles. The van der Waals surface area contributed by atoms with Crippen LogP contribution in [0.25, 0.3) is 16.5 Å². The molecular formula is C18H23FN4. The maximum Gasteiger partial charge on any atom is 0.158 e. The Kier molecular flexibility index (Phi) is 4.31. The zero-order valence-electron chi connectivity index (χ0n) is 14.0. The fraction of sp³-hybridized carbons (Fsp3) is 0.444. The second-order valence-corrected chi connectivity index (χ2v) is 6.11. The number of anilines is 1. The fourth-order valence-corrected chi connectivity index (χ4v) is 3.16. The van der Waals surface area contributed by atoms with Crippen molar-refractivity contribution in [2.75, 3.05) is 25.9 Å². The molecule has 0 fully saturated rings. The number of hydrogen-bond acceptors (Lipinski definition) is 4. The lowest BCUT2D eigenvalue weighted by atomic mass is 9.99. The van der Waals surface area contributed by atoms with E-state index in [0.29, 0.717) is 29.0 Å². The van der Waals surface area contributed by atoms with Crippen molar-refractivity contribution in [3.05, 3.63) is 34.9 Å². The molecule has 1 aromatic heterocycles. The van der Waals surface area contributed by atoms with Crippen LogP contribution in [0.4, 0.5) is 10.2 Å². The fourth-order valence-electron chi connectivity index (χ4n) is 3.16. The third kappa shape index (κ3) is 2.81. The van der Waals surface area contributed by atoms with Crippen molar-refractivity contribution in [2.45, 2.75) is 33.1 Å². The summed E-state index contributed by atoms with van der Waals surface area (Å²) in [4.78, 5) is 11.2. The lowest BCUT2D eigenvalue weighted by Crippen LogP contribution is -2.24. The second-order valence-electron chi connectivity index (χ2n) is 6.11. The molecule has 5 heteroatoms. The van der Waals surface area contributed by atoms with Crippen molar-refractivity contribution in [1.82, 2.24) is 14.9 Å². The van der Waals surface area contributed by atoms with Gasteiger partial charge in [0, 0.05) is 18.5 Å². The van der Waals surface area contributed by atoms with E-state index in [1.165, 1.54) is 0 Å². The zero-order chi connectivity index (χ0) is 16.6. The molecule has 0 saturated heterocycles. The van der Waals surface area contributed by atoms with Crippen LogP contribution < -0.4 is 5.73 Å². The van der Waals surface area contributed by atoms with Gasteiger partial charge < -0.3 is 10.6 Å². The molecule has 122 valence electrons. The Labute approximate surface area is 136 Å². The highest BCUT2D eigenvalue weighted by molar-refractivity contribution is 5.91. The minimum Gasteiger partial charge on any atom is -0.383 e. The molecule has 0 radical (unpaired) electrons. The summed E-state index contributed by atoms with van der Waals surface area (Å²) < 4.78 is 14.9. The SMILES string of the molecule is CCc1cc2c(N)nc(C3=CCN(C)CC3)nc2c(F)c1CC. The highest BCUT2D eigenvalue weighted by Crippen LogP contribution is 2.29. The molecule has 1 aliphatic rings. The molecule has 0 saturated carbocycles. The lowest BCUT2D eigenvalue weighted by molar-refractivity contribution is 0.369. The van der Waals surface area contributed by atoms with E-state index in [1.807, 2.05) is 19.9 Å². The maximum absolute atomic E-state index is 14.9. The number of aromatic nitrogens is 2. The van der Waals surface area contributed by atoms with E-state index in [2.05, 4.69) is 28.0 Å². The van der Waals surface area contributed by atoms with Crippen LogP contribution >= 0.6 is 0 Å². The van der Waals surface area contributed by atoms with Gasteiger partial charge >= 0.3 is 0 Å². The molecule has 0 spiro atoms. The van der Waals surface area contributed by atoms with E-state index >= 15 is 0 Å². The molecule has 0 bridgehead atoms. The quantitative estimate of drug-likeness (QED) is 0.945. The van der Waals surface area contributed by atoms with Crippen molar-refractivity contribution in [1.29, 1.82) is 0 Å². The highest BCUT2D eigenvalue weighted by Gasteiger charge is 2.18. The van der Waals surface area contributed by atoms with Gasteiger partial charge in [0.25, 0.3) is 0 Å². The van der Waals surface area contributed by atoms with E-state index in [9.17, 15) is 4.39 Å². The topological polar surface area (TPSA) is 55.0 Å². The van der Waals surface area contributed by atoms with Crippen LogP contribution in [0.1, 0.15) is 37.2 Å². The molecule has 2 N–H and O–H groups in total. The zero-order valence-corrected chi connectivity index (χ0v) is 14.0. The largest absolute Gasteiger partial charge is 0.383 e. The predicted octanol–water partition coefficient (Wildman–Crippen LogP) is 3.19. The van der Waals surface area contributed by atoms with Gasteiger partial charge in [0.2, 0.25) is 0 Å². The summed E-state index contributed by atoms with van der Waals surface area (Å²) >= 11 is 0. The molecule has 0 amide bonds. The number of halogens is 1. The normalized spacial score (nSPS) is 15.9. The number of likely N-dealkylation sites (N-methyl/N-ethyl adjacent to an activating group) is 1. The first-order valence-corrected chi connectivity index (χ1v) is 8.20. The molecule has 2 heterocycles. The number of fused-ring (bicyclic) bond motifs is 1. The minimum absolute atomic E-state index is 0.245. The van der Waals surface area contributed by atoms with Crippen LogP contribution in [0.3, 0.4) is 0 Å². The van der Waals surface area contributed by atoms with Gasteiger partial charge in [0.05, 0.1) is 0 Å². The Balaban J connectivity index is 2.19. The van der Waals surface area contributed by atoms with Crippen LogP contribution in [0.5, 0.6) is 0 Å². The lowest BCUT2D eigenvalue weighted by Gasteiger charge is -2.21. The maximum atomic E-state index is 14.9. The molecule has 23 heavy (non-hydrogen) atoms. The van der Waals surface area contributed by atoms with Gasteiger partial charge in [-0.1, -0.05) is 19.9 Å². The number of nitrogens with two attached hydrogens (primary N) is 1. The third-order valence-corrected chi connectivity index (χ3v) is 4.59. The Morgan fingerprint density at radius 1 is 1.26 bits per heavy atom. The average molecular weight is 314 g/mol. The van der Waals surface area contributed by atoms with Crippen molar-refractivity contribution >= 4 is 22.3 Å². The van der Waals surface area contributed by atoms with Crippen LogP contribution in [0.15, 0.2) is 12.1 Å². The van der Waals surface area contributed by atoms with E-state index in [0.717, 1.165) is 42.6 Å². The molecule has 4 nitrogen and oxygen atoms in total. The first-order valence-electron chi connectivity index (χ1n) is 8.20.